The molecule has 1 heterocycles. The van der Waals surface area contributed by atoms with Crippen LogP contribution < -0.4 is 5.32 Å². The molecule has 1 heteroatoms. The molecule has 0 spiro atoms. The Bertz CT molecular complexity index is 870. The van der Waals surface area contributed by atoms with Crippen molar-refractivity contribution in [3.8, 4) is 11.1 Å². The molecule has 1 nitrogen and oxygen atoms in total. The van der Waals surface area contributed by atoms with Gasteiger partial charge < -0.3 is 5.32 Å². The fourth-order valence-corrected chi connectivity index (χ4v) is 3.59. The molecule has 3 aromatic rings. The summed E-state index contributed by atoms with van der Waals surface area (Å²) in [6, 6.07) is 26.9. The fourth-order valence-electron chi connectivity index (χ4n) is 3.59. The minimum absolute atomic E-state index is 0.204. The molecular weight excluding hydrogens is 302 g/mol. The summed E-state index contributed by atoms with van der Waals surface area (Å²) in [7, 11) is 0. The third-order valence-electron chi connectivity index (χ3n) is 5.15. The van der Waals surface area contributed by atoms with Crippen molar-refractivity contribution in [3.63, 3.8) is 0 Å². The van der Waals surface area contributed by atoms with Crippen LogP contribution in [0.25, 0.3) is 11.1 Å². The molecule has 0 amide bonds. The highest BCUT2D eigenvalue weighted by atomic mass is 14.9. The van der Waals surface area contributed by atoms with Gasteiger partial charge in [0.2, 0.25) is 0 Å². The van der Waals surface area contributed by atoms with E-state index >= 15 is 0 Å². The van der Waals surface area contributed by atoms with Crippen LogP contribution in [0.3, 0.4) is 0 Å². The Morgan fingerprint density at radius 1 is 0.800 bits per heavy atom. The van der Waals surface area contributed by atoms with Crippen molar-refractivity contribution in [1.82, 2.24) is 0 Å². The van der Waals surface area contributed by atoms with E-state index in [0.717, 1.165) is 6.42 Å². The van der Waals surface area contributed by atoms with E-state index in [0.29, 0.717) is 6.04 Å². The molecule has 0 saturated heterocycles. The summed E-state index contributed by atoms with van der Waals surface area (Å²) in [5.74, 6) is 0. The van der Waals surface area contributed by atoms with Crippen molar-refractivity contribution >= 4 is 5.69 Å². The predicted octanol–water partition coefficient (Wildman–Crippen LogP) is 6.36. The normalized spacial score (nSPS) is 16.4. The zero-order valence-electron chi connectivity index (χ0n) is 15.2. The van der Waals surface area contributed by atoms with Gasteiger partial charge in [-0.1, -0.05) is 81.4 Å². The lowest BCUT2D eigenvalue weighted by molar-refractivity contribution is 0.589. The average molecular weight is 327 g/mol. The number of anilines is 1. The maximum atomic E-state index is 3.69. The van der Waals surface area contributed by atoms with Crippen LogP contribution in [0.4, 0.5) is 5.69 Å². The van der Waals surface area contributed by atoms with Crippen molar-refractivity contribution in [2.24, 2.45) is 0 Å². The van der Waals surface area contributed by atoms with Gasteiger partial charge in [-0.2, -0.15) is 0 Å². The van der Waals surface area contributed by atoms with Crippen LogP contribution in [0, 0.1) is 0 Å². The SMILES string of the molecule is CC(C)(C)c1ccc(C2Cc3cc(-c4ccccc4)ccc3N2)cc1. The number of benzene rings is 3. The number of rotatable bonds is 2. The summed E-state index contributed by atoms with van der Waals surface area (Å²) in [5, 5.41) is 3.69. The van der Waals surface area contributed by atoms with E-state index in [1.165, 1.54) is 33.5 Å². The first-order valence-corrected chi connectivity index (χ1v) is 9.06. The van der Waals surface area contributed by atoms with Crippen molar-refractivity contribution in [3.05, 3.63) is 89.5 Å². The van der Waals surface area contributed by atoms with Crippen LogP contribution in [0.5, 0.6) is 0 Å². The Kier molecular flexibility index (Phi) is 3.88. The van der Waals surface area contributed by atoms with E-state index in [-0.39, 0.29) is 5.41 Å². The highest BCUT2D eigenvalue weighted by Crippen LogP contribution is 2.37. The van der Waals surface area contributed by atoms with Gasteiger partial charge in [-0.05, 0) is 51.8 Å². The van der Waals surface area contributed by atoms with Gasteiger partial charge in [0.25, 0.3) is 0 Å². The summed E-state index contributed by atoms with van der Waals surface area (Å²) in [5.41, 5.74) is 8.21. The van der Waals surface area contributed by atoms with Crippen LogP contribution >= 0.6 is 0 Å². The van der Waals surface area contributed by atoms with E-state index in [1.54, 1.807) is 0 Å². The largest absolute Gasteiger partial charge is 0.378 e. The van der Waals surface area contributed by atoms with Crippen LogP contribution in [-0.4, -0.2) is 0 Å². The average Bonchev–Trinajstić information content (AvgIpc) is 3.05. The lowest BCUT2D eigenvalue weighted by Crippen LogP contribution is -2.12. The molecule has 1 N–H and O–H groups in total. The van der Waals surface area contributed by atoms with Crippen molar-refractivity contribution < 1.29 is 0 Å². The van der Waals surface area contributed by atoms with E-state index in [9.17, 15) is 0 Å². The van der Waals surface area contributed by atoms with Gasteiger partial charge in [-0.25, -0.2) is 0 Å². The fraction of sp³-hybridized carbons (Fsp3) is 0.250. The molecule has 126 valence electrons. The number of hydrogen-bond donors (Lipinski definition) is 1. The van der Waals surface area contributed by atoms with Gasteiger partial charge in [-0.3, -0.25) is 0 Å². The van der Waals surface area contributed by atoms with E-state index in [4.69, 9.17) is 0 Å². The smallest absolute Gasteiger partial charge is 0.0555 e. The topological polar surface area (TPSA) is 12.0 Å². The second-order valence-electron chi connectivity index (χ2n) is 8.01. The van der Waals surface area contributed by atoms with E-state index in [2.05, 4.69) is 98.9 Å². The summed E-state index contributed by atoms with van der Waals surface area (Å²) in [4.78, 5) is 0. The molecule has 0 bridgehead atoms. The molecule has 25 heavy (non-hydrogen) atoms. The Labute approximate surface area is 150 Å². The third kappa shape index (κ3) is 3.19. The van der Waals surface area contributed by atoms with Gasteiger partial charge in [0.15, 0.2) is 0 Å². The second kappa shape index (κ2) is 6.07. The summed E-state index contributed by atoms with van der Waals surface area (Å²) in [6.07, 6.45) is 1.05. The van der Waals surface area contributed by atoms with Gasteiger partial charge in [0.1, 0.15) is 0 Å². The number of hydrogen-bond acceptors (Lipinski definition) is 1. The molecule has 1 unspecified atom stereocenters. The standard InChI is InChI=1S/C24H25N/c1-24(2,3)21-12-9-18(10-13-21)23-16-20-15-19(11-14-22(20)25-23)17-7-5-4-6-8-17/h4-15,23,25H,16H2,1-3H3. The lowest BCUT2D eigenvalue weighted by Gasteiger charge is -2.20. The number of fused-ring (bicyclic) bond motifs is 1. The summed E-state index contributed by atoms with van der Waals surface area (Å²) in [6.45, 7) is 6.78. The molecule has 0 aromatic heterocycles. The Hall–Kier alpha value is -2.54. The summed E-state index contributed by atoms with van der Waals surface area (Å²) >= 11 is 0. The molecule has 0 radical (unpaired) electrons. The molecule has 0 aliphatic carbocycles. The number of nitrogens with one attached hydrogen (secondary N) is 1. The molecule has 1 atom stereocenters. The Balaban J connectivity index is 1.57. The zero-order valence-corrected chi connectivity index (χ0v) is 15.2. The minimum atomic E-state index is 0.204. The highest BCUT2D eigenvalue weighted by molar-refractivity contribution is 5.70. The van der Waals surface area contributed by atoms with Gasteiger partial charge in [-0.15, -0.1) is 0 Å². The third-order valence-corrected chi connectivity index (χ3v) is 5.15. The van der Waals surface area contributed by atoms with Crippen molar-refractivity contribution in [1.29, 1.82) is 0 Å². The highest BCUT2D eigenvalue weighted by Gasteiger charge is 2.23. The second-order valence-corrected chi connectivity index (χ2v) is 8.01. The lowest BCUT2D eigenvalue weighted by atomic mass is 9.86. The van der Waals surface area contributed by atoms with Gasteiger partial charge in [0, 0.05) is 5.69 Å². The molecule has 3 aromatic carbocycles. The molecule has 0 saturated carbocycles. The molecule has 4 rings (SSSR count). The monoisotopic (exact) mass is 327 g/mol. The molecule has 1 aliphatic heterocycles. The minimum Gasteiger partial charge on any atom is -0.378 e. The maximum Gasteiger partial charge on any atom is 0.0555 e. The molecule has 0 fully saturated rings. The van der Waals surface area contributed by atoms with Crippen LogP contribution in [0.2, 0.25) is 0 Å². The van der Waals surface area contributed by atoms with Crippen LogP contribution in [0.15, 0.2) is 72.8 Å². The first-order valence-electron chi connectivity index (χ1n) is 9.06. The van der Waals surface area contributed by atoms with E-state index in [1.807, 2.05) is 0 Å². The Morgan fingerprint density at radius 2 is 1.52 bits per heavy atom. The first kappa shape index (κ1) is 16.0. The predicted molar refractivity (Wildman–Crippen MR) is 107 cm³/mol. The Morgan fingerprint density at radius 3 is 2.20 bits per heavy atom. The van der Waals surface area contributed by atoms with Gasteiger partial charge >= 0.3 is 0 Å². The van der Waals surface area contributed by atoms with Crippen molar-refractivity contribution in [2.45, 2.75) is 38.6 Å². The maximum absolute atomic E-state index is 3.69. The van der Waals surface area contributed by atoms with E-state index < -0.39 is 0 Å². The quantitative estimate of drug-likeness (QED) is 0.577. The van der Waals surface area contributed by atoms with Crippen LogP contribution in [0.1, 0.15) is 43.5 Å². The summed E-state index contributed by atoms with van der Waals surface area (Å²) < 4.78 is 0. The van der Waals surface area contributed by atoms with Crippen LogP contribution in [-0.2, 0) is 11.8 Å². The first-order chi connectivity index (χ1) is 12.0. The molecular formula is C24H25N. The molecule has 1 aliphatic rings. The van der Waals surface area contributed by atoms with Gasteiger partial charge in [0.05, 0.1) is 6.04 Å². The zero-order chi connectivity index (χ0) is 17.4. The van der Waals surface area contributed by atoms with Crippen molar-refractivity contribution in [2.75, 3.05) is 5.32 Å².